The van der Waals surface area contributed by atoms with E-state index in [-0.39, 0.29) is 11.4 Å². The molecule has 0 spiro atoms. The van der Waals surface area contributed by atoms with Gasteiger partial charge in [-0.25, -0.2) is 0 Å². The normalized spacial score (nSPS) is 15.7. The number of nitrogens with zero attached hydrogens (tertiary/aromatic N) is 2. The van der Waals surface area contributed by atoms with Crippen molar-refractivity contribution in [2.75, 3.05) is 19.7 Å². The van der Waals surface area contributed by atoms with E-state index in [0.717, 1.165) is 25.9 Å². The van der Waals surface area contributed by atoms with Gasteiger partial charge in [0.25, 0.3) is 0 Å². The predicted molar refractivity (Wildman–Crippen MR) is 68.9 cm³/mol. The van der Waals surface area contributed by atoms with Crippen LogP contribution in [0.25, 0.3) is 0 Å². The number of hydrogen-bond donors (Lipinski definition) is 1. The van der Waals surface area contributed by atoms with Crippen LogP contribution in [0, 0.1) is 27.4 Å². The van der Waals surface area contributed by atoms with Crippen LogP contribution in [-0.4, -0.2) is 24.6 Å². The molecule has 1 aromatic carbocycles. The number of ether oxygens (including phenoxy) is 1. The van der Waals surface area contributed by atoms with E-state index in [0.29, 0.717) is 18.1 Å². The standard InChI is InChI=1S/C13H15N3O3/c14-8-11-1-2-12(16(17)18)13(7-11)19-9-10-3-5-15-6-4-10/h1-2,7,10,15H,3-6,9H2. The quantitative estimate of drug-likeness (QED) is 0.660. The average Bonchev–Trinajstić information content (AvgIpc) is 2.45. The fourth-order valence-corrected chi connectivity index (χ4v) is 2.11. The van der Waals surface area contributed by atoms with Gasteiger partial charge in [0.2, 0.25) is 0 Å². The molecule has 0 unspecified atom stereocenters. The zero-order valence-electron chi connectivity index (χ0n) is 10.5. The van der Waals surface area contributed by atoms with Gasteiger partial charge in [0.1, 0.15) is 0 Å². The minimum atomic E-state index is -0.487. The molecular weight excluding hydrogens is 246 g/mol. The van der Waals surface area contributed by atoms with Gasteiger partial charge in [-0.3, -0.25) is 10.1 Å². The molecule has 1 heterocycles. The van der Waals surface area contributed by atoms with Crippen LogP contribution in [0.5, 0.6) is 5.75 Å². The number of rotatable bonds is 4. The molecule has 0 bridgehead atoms. The first kappa shape index (κ1) is 13.3. The first-order valence-electron chi connectivity index (χ1n) is 6.23. The lowest BCUT2D eigenvalue weighted by molar-refractivity contribution is -0.385. The van der Waals surface area contributed by atoms with E-state index >= 15 is 0 Å². The molecule has 1 aromatic rings. The predicted octanol–water partition coefficient (Wildman–Crippen LogP) is 1.84. The molecule has 19 heavy (non-hydrogen) atoms. The van der Waals surface area contributed by atoms with E-state index < -0.39 is 4.92 Å². The van der Waals surface area contributed by atoms with Crippen molar-refractivity contribution in [2.45, 2.75) is 12.8 Å². The van der Waals surface area contributed by atoms with Crippen LogP contribution in [0.4, 0.5) is 5.69 Å². The highest BCUT2D eigenvalue weighted by Crippen LogP contribution is 2.28. The van der Waals surface area contributed by atoms with Gasteiger partial charge < -0.3 is 10.1 Å². The molecule has 0 saturated carbocycles. The summed E-state index contributed by atoms with van der Waals surface area (Å²) >= 11 is 0. The maximum absolute atomic E-state index is 10.9. The molecule has 1 aliphatic heterocycles. The third-order valence-corrected chi connectivity index (χ3v) is 3.22. The van der Waals surface area contributed by atoms with Crippen molar-refractivity contribution in [2.24, 2.45) is 5.92 Å². The monoisotopic (exact) mass is 261 g/mol. The molecule has 0 amide bonds. The van der Waals surface area contributed by atoms with Gasteiger partial charge in [0.05, 0.1) is 23.2 Å². The van der Waals surface area contributed by atoms with Crippen LogP contribution in [0.3, 0.4) is 0 Å². The SMILES string of the molecule is N#Cc1ccc([N+](=O)[O-])c(OCC2CCNCC2)c1. The Morgan fingerprint density at radius 3 is 2.84 bits per heavy atom. The minimum Gasteiger partial charge on any atom is -0.486 e. The summed E-state index contributed by atoms with van der Waals surface area (Å²) in [5.74, 6) is 0.592. The summed E-state index contributed by atoms with van der Waals surface area (Å²) in [7, 11) is 0. The highest BCUT2D eigenvalue weighted by atomic mass is 16.6. The van der Waals surface area contributed by atoms with E-state index in [2.05, 4.69) is 5.32 Å². The summed E-state index contributed by atoms with van der Waals surface area (Å²) in [4.78, 5) is 10.4. The Bertz CT molecular complexity index is 504. The Kier molecular flexibility index (Phi) is 4.31. The fraction of sp³-hybridized carbons (Fsp3) is 0.462. The molecule has 0 radical (unpaired) electrons. The van der Waals surface area contributed by atoms with E-state index in [1.807, 2.05) is 6.07 Å². The largest absolute Gasteiger partial charge is 0.486 e. The maximum Gasteiger partial charge on any atom is 0.311 e. The van der Waals surface area contributed by atoms with Gasteiger partial charge in [-0.15, -0.1) is 0 Å². The molecule has 1 aliphatic rings. The number of nitrogens with one attached hydrogen (secondary N) is 1. The van der Waals surface area contributed by atoms with E-state index in [9.17, 15) is 10.1 Å². The van der Waals surface area contributed by atoms with Gasteiger partial charge >= 0.3 is 5.69 Å². The van der Waals surface area contributed by atoms with Gasteiger partial charge in [-0.05, 0) is 37.9 Å². The smallest absolute Gasteiger partial charge is 0.311 e. The number of nitro groups is 1. The number of hydrogen-bond acceptors (Lipinski definition) is 5. The van der Waals surface area contributed by atoms with Gasteiger partial charge in [-0.1, -0.05) is 0 Å². The van der Waals surface area contributed by atoms with Crippen molar-refractivity contribution in [3.63, 3.8) is 0 Å². The third kappa shape index (κ3) is 3.42. The second-order valence-corrected chi connectivity index (χ2v) is 4.56. The molecule has 0 atom stereocenters. The van der Waals surface area contributed by atoms with Crippen molar-refractivity contribution >= 4 is 5.69 Å². The van der Waals surface area contributed by atoms with Crippen molar-refractivity contribution in [3.8, 4) is 11.8 Å². The van der Waals surface area contributed by atoms with Crippen LogP contribution < -0.4 is 10.1 Å². The first-order chi connectivity index (χ1) is 9.20. The summed E-state index contributed by atoms with van der Waals surface area (Å²) < 4.78 is 5.56. The number of nitro benzene ring substituents is 1. The minimum absolute atomic E-state index is 0.0899. The lowest BCUT2D eigenvalue weighted by Crippen LogP contribution is -2.30. The summed E-state index contributed by atoms with van der Waals surface area (Å²) in [6, 6.07) is 6.13. The Morgan fingerprint density at radius 2 is 2.21 bits per heavy atom. The summed E-state index contributed by atoms with van der Waals surface area (Å²) in [5, 5.41) is 23.0. The zero-order chi connectivity index (χ0) is 13.7. The van der Waals surface area contributed by atoms with E-state index in [1.165, 1.54) is 18.2 Å². The molecule has 6 heteroatoms. The van der Waals surface area contributed by atoms with E-state index in [4.69, 9.17) is 10.00 Å². The highest BCUT2D eigenvalue weighted by Gasteiger charge is 2.19. The van der Waals surface area contributed by atoms with Gasteiger partial charge in [0, 0.05) is 12.1 Å². The van der Waals surface area contributed by atoms with E-state index in [1.54, 1.807) is 0 Å². The van der Waals surface area contributed by atoms with Gasteiger partial charge in [-0.2, -0.15) is 5.26 Å². The average molecular weight is 261 g/mol. The summed E-state index contributed by atoms with van der Waals surface area (Å²) in [6.45, 7) is 2.36. The van der Waals surface area contributed by atoms with Crippen LogP contribution in [-0.2, 0) is 0 Å². The third-order valence-electron chi connectivity index (χ3n) is 3.22. The Hall–Kier alpha value is -2.13. The Balaban J connectivity index is 2.08. The number of piperidine rings is 1. The number of nitriles is 1. The van der Waals surface area contributed by atoms with Crippen molar-refractivity contribution in [3.05, 3.63) is 33.9 Å². The summed E-state index contributed by atoms with van der Waals surface area (Å²) in [5.41, 5.74) is 0.277. The molecule has 0 aromatic heterocycles. The van der Waals surface area contributed by atoms with Gasteiger partial charge in [0.15, 0.2) is 5.75 Å². The molecular formula is C13H15N3O3. The topological polar surface area (TPSA) is 88.2 Å². The molecule has 6 nitrogen and oxygen atoms in total. The second kappa shape index (κ2) is 6.16. The second-order valence-electron chi connectivity index (χ2n) is 4.56. The van der Waals surface area contributed by atoms with Crippen LogP contribution in [0.1, 0.15) is 18.4 Å². The van der Waals surface area contributed by atoms with Crippen molar-refractivity contribution in [1.82, 2.24) is 5.32 Å². The van der Waals surface area contributed by atoms with Crippen molar-refractivity contribution in [1.29, 1.82) is 5.26 Å². The Morgan fingerprint density at radius 1 is 1.47 bits per heavy atom. The molecule has 1 saturated heterocycles. The highest BCUT2D eigenvalue weighted by molar-refractivity contribution is 5.51. The van der Waals surface area contributed by atoms with Crippen LogP contribution in [0.2, 0.25) is 0 Å². The fourth-order valence-electron chi connectivity index (χ4n) is 2.11. The lowest BCUT2D eigenvalue weighted by atomic mass is 9.99. The Labute approximate surface area is 111 Å². The van der Waals surface area contributed by atoms with Crippen LogP contribution >= 0.6 is 0 Å². The zero-order valence-corrected chi connectivity index (χ0v) is 10.5. The number of benzene rings is 1. The summed E-state index contributed by atoms with van der Waals surface area (Å²) in [6.07, 6.45) is 2.01. The molecule has 2 rings (SSSR count). The molecule has 100 valence electrons. The molecule has 1 fully saturated rings. The molecule has 1 N–H and O–H groups in total. The molecule has 0 aliphatic carbocycles. The van der Waals surface area contributed by atoms with Crippen molar-refractivity contribution < 1.29 is 9.66 Å². The lowest BCUT2D eigenvalue weighted by Gasteiger charge is -2.22. The van der Waals surface area contributed by atoms with Crippen LogP contribution in [0.15, 0.2) is 18.2 Å². The first-order valence-corrected chi connectivity index (χ1v) is 6.23. The maximum atomic E-state index is 10.9.